The van der Waals surface area contributed by atoms with Crippen LogP contribution in [-0.2, 0) is 0 Å². The van der Waals surface area contributed by atoms with Gasteiger partial charge in [-0.25, -0.2) is 0 Å². The fourth-order valence-electron chi connectivity index (χ4n) is 1.62. The van der Waals surface area contributed by atoms with Gasteiger partial charge in [0.05, 0.1) is 27.7 Å². The third kappa shape index (κ3) is 4.97. The number of hydrogen-bond acceptors (Lipinski definition) is 1. The molecule has 0 saturated heterocycles. The molecule has 1 aromatic rings. The van der Waals surface area contributed by atoms with E-state index >= 15 is 0 Å². The molecule has 17 heavy (non-hydrogen) atoms. The molecule has 0 aromatic heterocycles. The molecular formula is C14H25ClN2. The molecule has 2 nitrogen and oxygen atoms in total. The second-order valence-corrected chi connectivity index (χ2v) is 5.34. The van der Waals surface area contributed by atoms with E-state index in [2.05, 4.69) is 70.2 Å². The Hall–Kier alpha value is -0.730. The number of nitrogens with zero attached hydrogens (tertiary/aromatic N) is 2. The van der Waals surface area contributed by atoms with Gasteiger partial charge in [0.25, 0.3) is 0 Å². The Bertz CT molecular complexity index is 306. The van der Waals surface area contributed by atoms with Crippen molar-refractivity contribution in [2.24, 2.45) is 0 Å². The Morgan fingerprint density at radius 1 is 1.12 bits per heavy atom. The first-order valence-electron chi connectivity index (χ1n) is 6.06. The molecule has 1 atom stereocenters. The summed E-state index contributed by atoms with van der Waals surface area (Å²) in [6, 6.07) is 11.3. The van der Waals surface area contributed by atoms with E-state index in [4.69, 9.17) is 0 Å². The fraction of sp³-hybridized carbons (Fsp3) is 0.571. The van der Waals surface area contributed by atoms with Crippen LogP contribution >= 0.6 is 0 Å². The molecule has 0 bridgehead atoms. The van der Waals surface area contributed by atoms with Crippen LogP contribution in [0.1, 0.15) is 13.8 Å². The van der Waals surface area contributed by atoms with E-state index in [-0.39, 0.29) is 12.4 Å². The zero-order valence-electron chi connectivity index (χ0n) is 11.7. The van der Waals surface area contributed by atoms with Gasteiger partial charge in [-0.1, -0.05) is 18.2 Å². The summed E-state index contributed by atoms with van der Waals surface area (Å²) in [5.74, 6) is 0. The topological polar surface area (TPSA) is 3.24 Å². The van der Waals surface area contributed by atoms with Gasteiger partial charge in [-0.2, -0.15) is 0 Å². The van der Waals surface area contributed by atoms with Crippen LogP contribution in [0.15, 0.2) is 30.3 Å². The van der Waals surface area contributed by atoms with Gasteiger partial charge in [-0.05, 0) is 26.0 Å². The number of benzene rings is 1. The fourth-order valence-corrected chi connectivity index (χ4v) is 1.62. The second kappa shape index (κ2) is 6.87. The molecule has 0 radical (unpaired) electrons. The molecule has 1 aromatic carbocycles. The first-order chi connectivity index (χ1) is 7.45. The average Bonchev–Trinajstić information content (AvgIpc) is 2.25. The van der Waals surface area contributed by atoms with Crippen LogP contribution < -0.4 is 17.3 Å². The molecule has 0 fully saturated rings. The maximum absolute atomic E-state index is 2.44. The number of anilines is 1. The summed E-state index contributed by atoms with van der Waals surface area (Å²) in [7, 11) is 6.76. The van der Waals surface area contributed by atoms with Gasteiger partial charge in [-0.3, -0.25) is 0 Å². The smallest absolute Gasteiger partial charge is 0.103 e. The largest absolute Gasteiger partial charge is 1.00 e. The highest BCUT2D eigenvalue weighted by molar-refractivity contribution is 5.45. The van der Waals surface area contributed by atoms with Gasteiger partial charge in [0.2, 0.25) is 0 Å². The lowest BCUT2D eigenvalue weighted by Gasteiger charge is -2.36. The molecule has 0 amide bonds. The summed E-state index contributed by atoms with van der Waals surface area (Å²) in [6.07, 6.45) is 0. The van der Waals surface area contributed by atoms with Crippen LogP contribution in [0.2, 0.25) is 0 Å². The van der Waals surface area contributed by atoms with Crippen molar-refractivity contribution in [3.63, 3.8) is 0 Å². The molecule has 0 aliphatic heterocycles. The van der Waals surface area contributed by atoms with E-state index in [1.807, 2.05) is 0 Å². The van der Waals surface area contributed by atoms with Crippen LogP contribution in [0, 0.1) is 0 Å². The number of halogens is 1. The number of hydrogen-bond donors (Lipinski definition) is 0. The molecule has 0 heterocycles. The Balaban J connectivity index is 0.00000256. The molecule has 1 unspecified atom stereocenters. The standard InChI is InChI=1S/C14H25N2.ClH/c1-6-15(12-13(2)16(3,4)5)14-10-8-7-9-11-14;/h7-11,13H,6,12H2,1-5H3;1H/q+1;/p-1. The highest BCUT2D eigenvalue weighted by Crippen LogP contribution is 2.15. The van der Waals surface area contributed by atoms with Crippen molar-refractivity contribution in [1.82, 2.24) is 0 Å². The van der Waals surface area contributed by atoms with Crippen LogP contribution in [0.5, 0.6) is 0 Å². The Morgan fingerprint density at radius 2 is 1.65 bits per heavy atom. The van der Waals surface area contributed by atoms with Crippen LogP contribution in [0.4, 0.5) is 5.69 Å². The third-order valence-electron chi connectivity index (χ3n) is 3.31. The van der Waals surface area contributed by atoms with E-state index in [9.17, 15) is 0 Å². The first kappa shape index (κ1) is 16.3. The van der Waals surface area contributed by atoms with E-state index in [0.717, 1.165) is 17.6 Å². The van der Waals surface area contributed by atoms with Gasteiger partial charge >= 0.3 is 0 Å². The average molecular weight is 257 g/mol. The SMILES string of the molecule is CCN(CC(C)[N+](C)(C)C)c1ccccc1.[Cl-]. The van der Waals surface area contributed by atoms with Gasteiger partial charge in [0.15, 0.2) is 0 Å². The van der Waals surface area contributed by atoms with E-state index in [0.29, 0.717) is 6.04 Å². The summed E-state index contributed by atoms with van der Waals surface area (Å²) >= 11 is 0. The predicted molar refractivity (Wildman–Crippen MR) is 71.8 cm³/mol. The highest BCUT2D eigenvalue weighted by Gasteiger charge is 2.20. The summed E-state index contributed by atoms with van der Waals surface area (Å²) in [6.45, 7) is 6.69. The molecule has 0 aliphatic rings. The molecule has 98 valence electrons. The zero-order chi connectivity index (χ0) is 12.2. The first-order valence-corrected chi connectivity index (χ1v) is 6.06. The van der Waals surface area contributed by atoms with Gasteiger partial charge in [0, 0.05) is 12.2 Å². The van der Waals surface area contributed by atoms with Crippen molar-refractivity contribution in [2.45, 2.75) is 19.9 Å². The van der Waals surface area contributed by atoms with Gasteiger partial charge < -0.3 is 21.8 Å². The maximum Gasteiger partial charge on any atom is 0.103 e. The number of para-hydroxylation sites is 1. The molecule has 0 spiro atoms. The monoisotopic (exact) mass is 256 g/mol. The third-order valence-corrected chi connectivity index (χ3v) is 3.31. The van der Waals surface area contributed by atoms with E-state index in [1.165, 1.54) is 5.69 Å². The highest BCUT2D eigenvalue weighted by atomic mass is 35.5. The van der Waals surface area contributed by atoms with Crippen molar-refractivity contribution >= 4 is 5.69 Å². The Labute approximate surface area is 112 Å². The molecule has 0 aliphatic carbocycles. The minimum atomic E-state index is 0. The lowest BCUT2D eigenvalue weighted by atomic mass is 10.2. The summed E-state index contributed by atoms with van der Waals surface area (Å²) in [5.41, 5.74) is 1.32. The number of likely N-dealkylation sites (N-methyl/N-ethyl adjacent to an activating group) is 2. The minimum absolute atomic E-state index is 0. The van der Waals surface area contributed by atoms with Gasteiger partial charge in [-0.15, -0.1) is 0 Å². The molecule has 0 N–H and O–H groups in total. The summed E-state index contributed by atoms with van der Waals surface area (Å²) in [4.78, 5) is 2.44. The van der Waals surface area contributed by atoms with Crippen LogP contribution in [0.25, 0.3) is 0 Å². The van der Waals surface area contributed by atoms with E-state index in [1.54, 1.807) is 0 Å². The molecular weight excluding hydrogens is 232 g/mol. The summed E-state index contributed by atoms with van der Waals surface area (Å²) in [5, 5.41) is 0. The quantitative estimate of drug-likeness (QED) is 0.649. The molecule has 1 rings (SSSR count). The lowest BCUT2D eigenvalue weighted by molar-refractivity contribution is -0.892. The predicted octanol–water partition coefficient (Wildman–Crippen LogP) is -0.388. The van der Waals surface area contributed by atoms with Crippen LogP contribution in [-0.4, -0.2) is 44.8 Å². The van der Waals surface area contributed by atoms with Crippen molar-refractivity contribution in [2.75, 3.05) is 39.1 Å². The summed E-state index contributed by atoms with van der Waals surface area (Å²) < 4.78 is 1.00. The number of rotatable bonds is 5. The second-order valence-electron chi connectivity index (χ2n) is 5.34. The van der Waals surface area contributed by atoms with Crippen molar-refractivity contribution < 1.29 is 16.9 Å². The molecule has 3 heteroatoms. The Kier molecular flexibility index (Phi) is 6.58. The van der Waals surface area contributed by atoms with Gasteiger partial charge in [0.1, 0.15) is 6.04 Å². The number of quaternary nitrogens is 1. The lowest BCUT2D eigenvalue weighted by Crippen LogP contribution is -3.00. The Morgan fingerprint density at radius 3 is 2.06 bits per heavy atom. The van der Waals surface area contributed by atoms with E-state index < -0.39 is 0 Å². The van der Waals surface area contributed by atoms with Crippen LogP contribution in [0.3, 0.4) is 0 Å². The minimum Gasteiger partial charge on any atom is -1.00 e. The zero-order valence-corrected chi connectivity index (χ0v) is 12.4. The maximum atomic E-state index is 2.44. The van der Waals surface area contributed by atoms with Crippen molar-refractivity contribution in [3.8, 4) is 0 Å². The van der Waals surface area contributed by atoms with Crippen molar-refractivity contribution in [1.29, 1.82) is 0 Å². The van der Waals surface area contributed by atoms with Crippen molar-refractivity contribution in [3.05, 3.63) is 30.3 Å². The normalized spacial score (nSPS) is 12.8. The molecule has 0 saturated carbocycles.